The zero-order valence-corrected chi connectivity index (χ0v) is 17.3. The van der Waals surface area contributed by atoms with Crippen LogP contribution >= 0.6 is 0 Å². The van der Waals surface area contributed by atoms with Crippen LogP contribution in [0.1, 0.15) is 17.4 Å². The second-order valence-corrected chi connectivity index (χ2v) is 7.56. The van der Waals surface area contributed by atoms with Gasteiger partial charge in [0.2, 0.25) is 5.69 Å². The Labute approximate surface area is 176 Å². The monoisotopic (exact) mass is 448 g/mol. The summed E-state index contributed by atoms with van der Waals surface area (Å²) in [6, 6.07) is 10.8. The molecule has 0 aliphatic heterocycles. The lowest BCUT2D eigenvalue weighted by Gasteiger charge is -2.12. The van der Waals surface area contributed by atoms with Gasteiger partial charge in [-0.05, 0) is 55.5 Å². The van der Waals surface area contributed by atoms with Crippen LogP contribution in [0, 0.1) is 5.82 Å². The first-order valence-electron chi connectivity index (χ1n) is 8.91. The lowest BCUT2D eigenvalue weighted by atomic mass is 10.3. The first-order chi connectivity index (χ1) is 14.7. The molecule has 2 aromatic carbocycles. The molecule has 11 heteroatoms. The molecule has 0 unspecified atom stereocenters. The summed E-state index contributed by atoms with van der Waals surface area (Å²) in [5, 5.41) is 3.89. The van der Waals surface area contributed by atoms with Crippen LogP contribution in [0.2, 0.25) is 0 Å². The summed E-state index contributed by atoms with van der Waals surface area (Å²) < 4.78 is 54.2. The Kier molecular flexibility index (Phi) is 6.35. The van der Waals surface area contributed by atoms with Gasteiger partial charge in [-0.15, -0.1) is 0 Å². The van der Waals surface area contributed by atoms with E-state index in [4.69, 9.17) is 13.7 Å². The van der Waals surface area contributed by atoms with E-state index in [0.29, 0.717) is 5.75 Å². The molecule has 0 fully saturated rings. The summed E-state index contributed by atoms with van der Waals surface area (Å²) in [7, 11) is -2.99. The van der Waals surface area contributed by atoms with Crippen LogP contribution in [-0.4, -0.2) is 37.9 Å². The fourth-order valence-corrected chi connectivity index (χ4v) is 3.45. The Balaban J connectivity index is 2.07. The predicted molar refractivity (Wildman–Crippen MR) is 107 cm³/mol. The molecule has 0 spiro atoms. The Morgan fingerprint density at radius 3 is 2.32 bits per heavy atom. The smallest absolute Gasteiger partial charge is 0.362 e. The van der Waals surface area contributed by atoms with E-state index in [0.717, 1.165) is 22.9 Å². The molecule has 0 saturated carbocycles. The number of carbonyl (C=O) groups excluding carboxylic acids is 1. The molecule has 162 valence electrons. The quantitative estimate of drug-likeness (QED) is 0.400. The molecule has 9 nitrogen and oxygen atoms in total. The highest BCUT2D eigenvalue weighted by Gasteiger charge is 2.25. The molecule has 0 aliphatic carbocycles. The molecule has 0 bridgehead atoms. The third-order valence-electron chi connectivity index (χ3n) is 3.98. The fraction of sp³-hybridized carbons (Fsp3) is 0.150. The lowest BCUT2D eigenvalue weighted by Crippen LogP contribution is -2.26. The average Bonchev–Trinajstić information content (AvgIpc) is 2.74. The van der Waals surface area contributed by atoms with Gasteiger partial charge in [-0.2, -0.15) is 18.2 Å². The average molecular weight is 448 g/mol. The second kappa shape index (κ2) is 8.96. The van der Waals surface area contributed by atoms with E-state index < -0.39 is 38.9 Å². The van der Waals surface area contributed by atoms with Crippen LogP contribution in [0.5, 0.6) is 11.5 Å². The number of carbonyl (C=O) groups is 1. The third kappa shape index (κ3) is 4.89. The number of benzene rings is 2. The molecule has 31 heavy (non-hydrogen) atoms. The number of methoxy groups -OCH3 is 1. The molecule has 3 aromatic rings. The van der Waals surface area contributed by atoms with E-state index in [2.05, 4.69) is 5.10 Å². The molecule has 0 atom stereocenters. The summed E-state index contributed by atoms with van der Waals surface area (Å²) in [6.45, 7) is 1.52. The number of hydrogen-bond acceptors (Lipinski definition) is 8. The zero-order valence-electron chi connectivity index (χ0n) is 16.4. The zero-order chi connectivity index (χ0) is 22.6. The van der Waals surface area contributed by atoms with Crippen LogP contribution < -0.4 is 14.5 Å². The first-order valence-corrected chi connectivity index (χ1v) is 10.3. The van der Waals surface area contributed by atoms with Crippen LogP contribution in [0.15, 0.2) is 64.3 Å². The summed E-state index contributed by atoms with van der Waals surface area (Å²) in [6.07, 6.45) is 0. The van der Waals surface area contributed by atoms with Crippen molar-refractivity contribution in [2.45, 2.75) is 11.8 Å². The Morgan fingerprint density at radius 2 is 1.74 bits per heavy atom. The summed E-state index contributed by atoms with van der Waals surface area (Å²) in [4.78, 5) is 24.7. The predicted octanol–water partition coefficient (Wildman–Crippen LogP) is 2.32. The molecule has 1 heterocycles. The van der Waals surface area contributed by atoms with E-state index in [1.807, 2.05) is 0 Å². The van der Waals surface area contributed by atoms with E-state index in [9.17, 15) is 22.4 Å². The van der Waals surface area contributed by atoms with Gasteiger partial charge in [0.25, 0.3) is 5.56 Å². The van der Waals surface area contributed by atoms with Crippen molar-refractivity contribution in [3.05, 3.63) is 76.5 Å². The molecule has 1 aromatic heterocycles. The minimum absolute atomic E-state index is 0.0269. The maximum Gasteiger partial charge on any atom is 0.362 e. The van der Waals surface area contributed by atoms with E-state index in [1.54, 1.807) is 6.92 Å². The van der Waals surface area contributed by atoms with Crippen molar-refractivity contribution < 1.29 is 31.3 Å². The normalized spacial score (nSPS) is 11.1. The molecule has 0 aliphatic rings. The molecule has 3 rings (SSSR count). The summed E-state index contributed by atoms with van der Waals surface area (Å²) >= 11 is 0. The number of rotatable bonds is 7. The van der Waals surface area contributed by atoms with Crippen LogP contribution in [0.25, 0.3) is 5.69 Å². The van der Waals surface area contributed by atoms with Crippen molar-refractivity contribution in [1.29, 1.82) is 0 Å². The maximum atomic E-state index is 13.2. The third-order valence-corrected chi connectivity index (χ3v) is 5.23. The van der Waals surface area contributed by atoms with Crippen molar-refractivity contribution in [3.63, 3.8) is 0 Å². The van der Waals surface area contributed by atoms with E-state index in [-0.39, 0.29) is 17.2 Å². The number of esters is 1. The van der Waals surface area contributed by atoms with Crippen LogP contribution in [0.4, 0.5) is 4.39 Å². The first kappa shape index (κ1) is 22.0. The standard InChI is InChI=1S/C20H17FN2O7S/c1-3-29-20(25)19-17(30-31(26,27)16-10-8-15(28-2)9-11-16)12-18(24)23(22-19)14-6-4-13(21)5-7-14/h4-12H,3H2,1-2H3. The van der Waals surface area contributed by atoms with Gasteiger partial charge in [-0.1, -0.05) is 0 Å². The number of halogens is 1. The fourth-order valence-electron chi connectivity index (χ4n) is 2.52. The summed E-state index contributed by atoms with van der Waals surface area (Å²) in [5.74, 6) is -1.71. The maximum absolute atomic E-state index is 13.2. The van der Waals surface area contributed by atoms with Gasteiger partial charge in [0, 0.05) is 0 Å². The van der Waals surface area contributed by atoms with Crippen molar-refractivity contribution in [2.24, 2.45) is 0 Å². The minimum atomic E-state index is -4.41. The molecule has 0 radical (unpaired) electrons. The van der Waals surface area contributed by atoms with Crippen molar-refractivity contribution in [2.75, 3.05) is 13.7 Å². The molecular weight excluding hydrogens is 431 g/mol. The van der Waals surface area contributed by atoms with Gasteiger partial charge in [0.05, 0.1) is 25.5 Å². The number of ether oxygens (including phenoxy) is 2. The van der Waals surface area contributed by atoms with Crippen molar-refractivity contribution in [1.82, 2.24) is 9.78 Å². The molecule has 0 amide bonds. The second-order valence-electron chi connectivity index (χ2n) is 6.02. The lowest BCUT2D eigenvalue weighted by molar-refractivity contribution is 0.0515. The van der Waals surface area contributed by atoms with Crippen LogP contribution in [-0.2, 0) is 14.9 Å². The van der Waals surface area contributed by atoms with Gasteiger partial charge in [-0.25, -0.2) is 9.18 Å². The number of nitrogens with zero attached hydrogens (tertiary/aromatic N) is 2. The van der Waals surface area contributed by atoms with E-state index >= 15 is 0 Å². The van der Waals surface area contributed by atoms with Gasteiger partial charge in [-0.3, -0.25) is 4.79 Å². The highest BCUT2D eigenvalue weighted by atomic mass is 32.2. The topological polar surface area (TPSA) is 114 Å². The largest absolute Gasteiger partial charge is 0.497 e. The van der Waals surface area contributed by atoms with Gasteiger partial charge in [0.15, 0.2) is 5.75 Å². The molecule has 0 saturated heterocycles. The highest BCUT2D eigenvalue weighted by Crippen LogP contribution is 2.23. The van der Waals surface area contributed by atoms with Gasteiger partial charge < -0.3 is 13.7 Å². The summed E-state index contributed by atoms with van der Waals surface area (Å²) in [5.41, 5.74) is -1.19. The molecule has 0 N–H and O–H groups in total. The van der Waals surface area contributed by atoms with Crippen LogP contribution in [0.3, 0.4) is 0 Å². The Hall–Kier alpha value is -3.73. The highest BCUT2D eigenvalue weighted by molar-refractivity contribution is 7.87. The number of aromatic nitrogens is 2. The van der Waals surface area contributed by atoms with Crippen molar-refractivity contribution in [3.8, 4) is 17.2 Å². The van der Waals surface area contributed by atoms with Gasteiger partial charge in [0.1, 0.15) is 16.5 Å². The number of hydrogen-bond donors (Lipinski definition) is 0. The Bertz CT molecular complexity index is 1250. The Morgan fingerprint density at radius 1 is 1.10 bits per heavy atom. The molecular formula is C20H17FN2O7S. The minimum Gasteiger partial charge on any atom is -0.497 e. The van der Waals surface area contributed by atoms with E-state index in [1.165, 1.54) is 43.5 Å². The van der Waals surface area contributed by atoms with Crippen molar-refractivity contribution >= 4 is 16.1 Å². The SMILES string of the molecule is CCOC(=O)c1nn(-c2ccc(F)cc2)c(=O)cc1OS(=O)(=O)c1ccc(OC)cc1. The van der Waals surface area contributed by atoms with Gasteiger partial charge >= 0.3 is 16.1 Å².